The van der Waals surface area contributed by atoms with Crippen LogP contribution in [0.25, 0.3) is 0 Å². The Labute approximate surface area is 58.9 Å². The SMILES string of the molecule is O=C1CCNN2C=CNC12. The second-order valence-corrected chi connectivity index (χ2v) is 2.42. The fraction of sp³-hybridized carbons (Fsp3) is 0.500. The summed E-state index contributed by atoms with van der Waals surface area (Å²) in [5.41, 5.74) is 3.07. The monoisotopic (exact) mass is 139 g/mol. The van der Waals surface area contributed by atoms with Gasteiger partial charge in [0, 0.05) is 25.4 Å². The molecule has 0 saturated carbocycles. The molecule has 10 heavy (non-hydrogen) atoms. The van der Waals surface area contributed by atoms with E-state index in [1.54, 1.807) is 11.2 Å². The zero-order valence-electron chi connectivity index (χ0n) is 5.50. The van der Waals surface area contributed by atoms with Gasteiger partial charge in [-0.3, -0.25) is 9.80 Å². The van der Waals surface area contributed by atoms with E-state index >= 15 is 0 Å². The van der Waals surface area contributed by atoms with Gasteiger partial charge in [-0.05, 0) is 0 Å². The van der Waals surface area contributed by atoms with Gasteiger partial charge in [0.25, 0.3) is 0 Å². The summed E-state index contributed by atoms with van der Waals surface area (Å²) >= 11 is 0. The third kappa shape index (κ3) is 0.690. The topological polar surface area (TPSA) is 44.4 Å². The number of carbonyl (C=O) groups excluding carboxylic acids is 1. The van der Waals surface area contributed by atoms with E-state index in [1.807, 2.05) is 6.20 Å². The van der Waals surface area contributed by atoms with Crippen LogP contribution in [0.1, 0.15) is 6.42 Å². The molecular formula is C6H9N3O. The van der Waals surface area contributed by atoms with Crippen molar-refractivity contribution in [1.82, 2.24) is 15.8 Å². The van der Waals surface area contributed by atoms with Crippen molar-refractivity contribution in [2.24, 2.45) is 0 Å². The lowest BCUT2D eigenvalue weighted by Crippen LogP contribution is -2.54. The minimum absolute atomic E-state index is 0.145. The van der Waals surface area contributed by atoms with Gasteiger partial charge in [-0.2, -0.15) is 0 Å². The third-order valence-corrected chi connectivity index (χ3v) is 1.74. The van der Waals surface area contributed by atoms with E-state index in [1.165, 1.54) is 0 Å². The number of nitrogens with one attached hydrogen (secondary N) is 2. The standard InChI is InChI=1S/C6H9N3O/c10-5-1-2-8-9-4-3-7-6(5)9/h3-4,6-8H,1-2H2. The summed E-state index contributed by atoms with van der Waals surface area (Å²) in [6.45, 7) is 0.751. The van der Waals surface area contributed by atoms with Gasteiger partial charge < -0.3 is 5.32 Å². The van der Waals surface area contributed by atoms with Gasteiger partial charge >= 0.3 is 0 Å². The lowest BCUT2D eigenvalue weighted by atomic mass is 10.2. The van der Waals surface area contributed by atoms with E-state index in [9.17, 15) is 4.79 Å². The number of rotatable bonds is 0. The van der Waals surface area contributed by atoms with Crippen molar-refractivity contribution in [3.63, 3.8) is 0 Å². The average molecular weight is 139 g/mol. The Morgan fingerprint density at radius 2 is 2.60 bits per heavy atom. The molecule has 2 heterocycles. The van der Waals surface area contributed by atoms with Gasteiger partial charge in [0.15, 0.2) is 11.9 Å². The molecule has 1 fully saturated rings. The lowest BCUT2D eigenvalue weighted by molar-refractivity contribution is -0.127. The number of fused-ring (bicyclic) bond motifs is 1. The molecular weight excluding hydrogens is 130 g/mol. The van der Waals surface area contributed by atoms with Crippen LogP contribution in [0.5, 0.6) is 0 Å². The Morgan fingerprint density at radius 3 is 3.40 bits per heavy atom. The molecule has 0 spiro atoms. The van der Waals surface area contributed by atoms with Gasteiger partial charge in [-0.25, -0.2) is 5.43 Å². The van der Waals surface area contributed by atoms with E-state index in [-0.39, 0.29) is 11.9 Å². The summed E-state index contributed by atoms with van der Waals surface area (Å²) < 4.78 is 0. The fourth-order valence-electron chi connectivity index (χ4n) is 1.22. The highest BCUT2D eigenvalue weighted by Crippen LogP contribution is 2.08. The highest BCUT2D eigenvalue weighted by Gasteiger charge is 2.28. The van der Waals surface area contributed by atoms with Gasteiger partial charge in [-0.1, -0.05) is 0 Å². The first-order valence-corrected chi connectivity index (χ1v) is 3.35. The molecule has 0 aliphatic carbocycles. The Balaban J connectivity index is 2.14. The highest BCUT2D eigenvalue weighted by atomic mass is 16.1. The fourth-order valence-corrected chi connectivity index (χ4v) is 1.22. The molecule has 1 unspecified atom stereocenters. The zero-order chi connectivity index (χ0) is 6.97. The lowest BCUT2D eigenvalue weighted by Gasteiger charge is -2.29. The van der Waals surface area contributed by atoms with E-state index in [4.69, 9.17) is 0 Å². The number of Topliss-reactive ketones (excluding diaryl/α,β-unsaturated/α-hetero) is 1. The summed E-state index contributed by atoms with van der Waals surface area (Å²) in [7, 11) is 0. The molecule has 0 radical (unpaired) electrons. The Kier molecular flexibility index (Phi) is 1.14. The van der Waals surface area contributed by atoms with Gasteiger partial charge in [0.2, 0.25) is 0 Å². The first-order chi connectivity index (χ1) is 4.88. The van der Waals surface area contributed by atoms with Crippen molar-refractivity contribution < 1.29 is 4.79 Å². The minimum atomic E-state index is -0.145. The van der Waals surface area contributed by atoms with E-state index in [0.717, 1.165) is 6.54 Å². The van der Waals surface area contributed by atoms with Crippen LogP contribution in [0.2, 0.25) is 0 Å². The van der Waals surface area contributed by atoms with Crippen LogP contribution in [0, 0.1) is 0 Å². The molecule has 4 heteroatoms. The molecule has 0 bridgehead atoms. The van der Waals surface area contributed by atoms with Crippen LogP contribution in [-0.2, 0) is 4.79 Å². The average Bonchev–Trinajstić information content (AvgIpc) is 2.36. The Bertz CT molecular complexity index is 189. The number of nitrogens with zero attached hydrogens (tertiary/aromatic N) is 1. The first-order valence-electron chi connectivity index (χ1n) is 3.35. The molecule has 0 aromatic carbocycles. The van der Waals surface area contributed by atoms with Crippen molar-refractivity contribution in [1.29, 1.82) is 0 Å². The summed E-state index contributed by atoms with van der Waals surface area (Å²) in [5, 5.41) is 4.74. The van der Waals surface area contributed by atoms with Crippen LogP contribution in [0.3, 0.4) is 0 Å². The van der Waals surface area contributed by atoms with Crippen LogP contribution in [0.4, 0.5) is 0 Å². The first kappa shape index (κ1) is 5.73. The second-order valence-electron chi connectivity index (χ2n) is 2.42. The van der Waals surface area contributed by atoms with Gasteiger partial charge in [0.05, 0.1) is 0 Å². The van der Waals surface area contributed by atoms with E-state index in [2.05, 4.69) is 10.7 Å². The molecule has 2 aliphatic rings. The van der Waals surface area contributed by atoms with Crippen LogP contribution in [0.15, 0.2) is 12.4 Å². The maximum atomic E-state index is 11.1. The molecule has 2 aliphatic heterocycles. The number of carbonyl (C=O) groups is 1. The largest absolute Gasteiger partial charge is 0.363 e. The maximum absolute atomic E-state index is 11.1. The number of hydrazine groups is 1. The molecule has 1 saturated heterocycles. The third-order valence-electron chi connectivity index (χ3n) is 1.74. The summed E-state index contributed by atoms with van der Waals surface area (Å²) in [6, 6.07) is 0. The predicted octanol–water partition coefficient (Wildman–Crippen LogP) is -0.834. The predicted molar refractivity (Wildman–Crippen MR) is 35.5 cm³/mol. The molecule has 2 N–H and O–H groups in total. The van der Waals surface area contributed by atoms with Gasteiger partial charge in [0.1, 0.15) is 0 Å². The number of ketones is 1. The number of hydrogen-bond donors (Lipinski definition) is 2. The quantitative estimate of drug-likeness (QED) is 0.459. The second kappa shape index (κ2) is 1.98. The number of hydrogen-bond acceptors (Lipinski definition) is 4. The molecule has 2 rings (SSSR count). The normalized spacial score (nSPS) is 30.2. The van der Waals surface area contributed by atoms with Crippen molar-refractivity contribution >= 4 is 5.78 Å². The molecule has 1 atom stereocenters. The minimum Gasteiger partial charge on any atom is -0.363 e. The Morgan fingerprint density at radius 1 is 1.70 bits per heavy atom. The van der Waals surface area contributed by atoms with Crippen LogP contribution >= 0.6 is 0 Å². The van der Waals surface area contributed by atoms with Crippen LogP contribution in [-0.4, -0.2) is 23.5 Å². The zero-order valence-corrected chi connectivity index (χ0v) is 5.50. The van der Waals surface area contributed by atoms with Crippen LogP contribution < -0.4 is 10.7 Å². The van der Waals surface area contributed by atoms with Crippen molar-refractivity contribution in [2.75, 3.05) is 6.54 Å². The summed E-state index contributed by atoms with van der Waals surface area (Å²) in [6.07, 6.45) is 4.09. The summed E-state index contributed by atoms with van der Waals surface area (Å²) in [5.74, 6) is 0.253. The molecule has 0 aromatic rings. The van der Waals surface area contributed by atoms with Crippen molar-refractivity contribution in [3.8, 4) is 0 Å². The van der Waals surface area contributed by atoms with E-state index < -0.39 is 0 Å². The highest BCUT2D eigenvalue weighted by molar-refractivity contribution is 5.85. The van der Waals surface area contributed by atoms with Crippen molar-refractivity contribution in [2.45, 2.75) is 12.6 Å². The molecule has 0 aromatic heterocycles. The molecule has 54 valence electrons. The molecule has 0 amide bonds. The molecule has 4 nitrogen and oxygen atoms in total. The van der Waals surface area contributed by atoms with Gasteiger partial charge in [-0.15, -0.1) is 0 Å². The van der Waals surface area contributed by atoms with E-state index in [0.29, 0.717) is 6.42 Å². The summed E-state index contributed by atoms with van der Waals surface area (Å²) in [4.78, 5) is 11.1. The Hall–Kier alpha value is -1.03. The van der Waals surface area contributed by atoms with Crippen molar-refractivity contribution in [3.05, 3.63) is 12.4 Å². The smallest absolute Gasteiger partial charge is 0.178 e. The maximum Gasteiger partial charge on any atom is 0.178 e.